The Kier molecular flexibility index (Phi) is 2.73. The first kappa shape index (κ1) is 11.5. The molecule has 2 saturated heterocycles. The molecule has 96 valence electrons. The van der Waals surface area contributed by atoms with E-state index in [4.69, 9.17) is 0 Å². The number of anilines is 1. The van der Waals surface area contributed by atoms with Crippen molar-refractivity contribution in [3.8, 4) is 0 Å². The second-order valence-corrected chi connectivity index (χ2v) is 5.16. The lowest BCUT2D eigenvalue weighted by Gasteiger charge is -2.22. The number of benzene rings is 1. The molecule has 1 amide bonds. The van der Waals surface area contributed by atoms with Gasteiger partial charge in [-0.25, -0.2) is 4.39 Å². The van der Waals surface area contributed by atoms with Gasteiger partial charge in [0.25, 0.3) is 0 Å². The van der Waals surface area contributed by atoms with Gasteiger partial charge in [0.2, 0.25) is 5.91 Å². The van der Waals surface area contributed by atoms with Crippen LogP contribution in [0.2, 0.25) is 0 Å². The van der Waals surface area contributed by atoms with E-state index in [-0.39, 0.29) is 17.8 Å². The van der Waals surface area contributed by atoms with Crippen LogP contribution in [0, 0.1) is 12.7 Å². The second kappa shape index (κ2) is 4.26. The highest BCUT2D eigenvalue weighted by molar-refractivity contribution is 5.81. The van der Waals surface area contributed by atoms with Crippen molar-refractivity contribution in [1.29, 1.82) is 0 Å². The summed E-state index contributed by atoms with van der Waals surface area (Å²) in [6, 6.07) is 5.46. The van der Waals surface area contributed by atoms with E-state index in [1.807, 2.05) is 11.0 Å². The number of carbonyl (C=O) groups is 1. The molecular weight excluding hydrogens is 231 g/mol. The van der Waals surface area contributed by atoms with Crippen LogP contribution >= 0.6 is 0 Å². The highest BCUT2D eigenvalue weighted by atomic mass is 19.1. The van der Waals surface area contributed by atoms with Gasteiger partial charge >= 0.3 is 0 Å². The van der Waals surface area contributed by atoms with Crippen LogP contribution < -0.4 is 5.32 Å². The van der Waals surface area contributed by atoms with E-state index in [9.17, 15) is 9.18 Å². The van der Waals surface area contributed by atoms with Crippen molar-refractivity contribution in [2.75, 3.05) is 11.9 Å². The highest BCUT2D eigenvalue weighted by Crippen LogP contribution is 2.32. The molecule has 0 spiro atoms. The summed E-state index contributed by atoms with van der Waals surface area (Å²) in [4.78, 5) is 13.8. The lowest BCUT2D eigenvalue weighted by molar-refractivity contribution is -0.127. The molecule has 18 heavy (non-hydrogen) atoms. The van der Waals surface area contributed by atoms with Crippen LogP contribution in [0.25, 0.3) is 0 Å². The summed E-state index contributed by atoms with van der Waals surface area (Å²) < 4.78 is 13.5. The lowest BCUT2D eigenvalue weighted by Crippen LogP contribution is -2.34. The Morgan fingerprint density at radius 3 is 3.11 bits per heavy atom. The minimum atomic E-state index is -0.201. The molecule has 0 radical (unpaired) electrons. The average molecular weight is 248 g/mol. The fourth-order valence-electron chi connectivity index (χ4n) is 3.07. The fourth-order valence-corrected chi connectivity index (χ4v) is 3.07. The third kappa shape index (κ3) is 1.76. The topological polar surface area (TPSA) is 32.3 Å². The molecular formula is C14H17FN2O. The Balaban J connectivity index is 1.81. The predicted molar refractivity (Wildman–Crippen MR) is 67.9 cm³/mol. The van der Waals surface area contributed by atoms with Crippen molar-refractivity contribution in [2.45, 2.75) is 38.3 Å². The number of hydrogen-bond donors (Lipinski definition) is 1. The number of hydrogen-bond acceptors (Lipinski definition) is 2. The zero-order chi connectivity index (χ0) is 12.7. The molecule has 3 rings (SSSR count). The SMILES string of the molecule is Cc1c(F)cccc1NC1CC(=O)N2CCCC12. The van der Waals surface area contributed by atoms with Crippen LogP contribution in [0.1, 0.15) is 24.8 Å². The van der Waals surface area contributed by atoms with Gasteiger partial charge in [-0.1, -0.05) is 6.07 Å². The van der Waals surface area contributed by atoms with Gasteiger partial charge in [0.05, 0.1) is 12.1 Å². The zero-order valence-electron chi connectivity index (χ0n) is 10.4. The summed E-state index contributed by atoms with van der Waals surface area (Å²) in [5, 5.41) is 3.35. The molecule has 0 aromatic heterocycles. The summed E-state index contributed by atoms with van der Waals surface area (Å²) in [7, 11) is 0. The largest absolute Gasteiger partial charge is 0.379 e. The maximum absolute atomic E-state index is 13.5. The molecule has 2 unspecified atom stereocenters. The fraction of sp³-hybridized carbons (Fsp3) is 0.500. The number of nitrogens with zero attached hydrogens (tertiary/aromatic N) is 1. The molecule has 2 fully saturated rings. The number of halogens is 1. The quantitative estimate of drug-likeness (QED) is 0.871. The van der Waals surface area contributed by atoms with E-state index in [0.717, 1.165) is 25.1 Å². The highest BCUT2D eigenvalue weighted by Gasteiger charge is 2.42. The predicted octanol–water partition coefficient (Wildman–Crippen LogP) is 2.31. The summed E-state index contributed by atoms with van der Waals surface area (Å²) in [5.41, 5.74) is 1.43. The van der Waals surface area contributed by atoms with Crippen molar-refractivity contribution in [3.05, 3.63) is 29.6 Å². The maximum atomic E-state index is 13.5. The van der Waals surface area contributed by atoms with E-state index < -0.39 is 0 Å². The van der Waals surface area contributed by atoms with Gasteiger partial charge in [0.1, 0.15) is 5.82 Å². The summed E-state index contributed by atoms with van der Waals surface area (Å²) in [6.45, 7) is 2.64. The van der Waals surface area contributed by atoms with Crippen molar-refractivity contribution >= 4 is 11.6 Å². The summed E-state index contributed by atoms with van der Waals surface area (Å²) >= 11 is 0. The van der Waals surface area contributed by atoms with E-state index in [1.165, 1.54) is 6.07 Å². The summed E-state index contributed by atoms with van der Waals surface area (Å²) in [5.74, 6) is 0.0247. The number of carbonyl (C=O) groups excluding carboxylic acids is 1. The van der Waals surface area contributed by atoms with Crippen molar-refractivity contribution in [2.24, 2.45) is 0 Å². The average Bonchev–Trinajstić information content (AvgIpc) is 2.91. The van der Waals surface area contributed by atoms with Crippen LogP contribution in [-0.2, 0) is 4.79 Å². The van der Waals surface area contributed by atoms with E-state index in [0.29, 0.717) is 18.0 Å². The first-order valence-electron chi connectivity index (χ1n) is 6.48. The van der Waals surface area contributed by atoms with Crippen molar-refractivity contribution < 1.29 is 9.18 Å². The Hall–Kier alpha value is -1.58. The molecule has 2 heterocycles. The van der Waals surface area contributed by atoms with Gasteiger partial charge < -0.3 is 10.2 Å². The Morgan fingerprint density at radius 1 is 1.44 bits per heavy atom. The maximum Gasteiger partial charge on any atom is 0.225 e. The number of rotatable bonds is 2. The molecule has 1 N–H and O–H groups in total. The zero-order valence-corrected chi connectivity index (χ0v) is 10.4. The van der Waals surface area contributed by atoms with Gasteiger partial charge in [-0.3, -0.25) is 4.79 Å². The monoisotopic (exact) mass is 248 g/mol. The van der Waals surface area contributed by atoms with Crippen molar-refractivity contribution in [1.82, 2.24) is 4.90 Å². The van der Waals surface area contributed by atoms with Crippen LogP contribution in [0.5, 0.6) is 0 Å². The van der Waals surface area contributed by atoms with E-state index in [1.54, 1.807) is 13.0 Å². The molecule has 3 nitrogen and oxygen atoms in total. The van der Waals surface area contributed by atoms with Crippen molar-refractivity contribution in [3.63, 3.8) is 0 Å². The third-order valence-electron chi connectivity index (χ3n) is 4.09. The number of fused-ring (bicyclic) bond motifs is 1. The Morgan fingerprint density at radius 2 is 2.28 bits per heavy atom. The molecule has 2 aliphatic heterocycles. The molecule has 2 aliphatic rings. The number of nitrogens with one attached hydrogen (secondary N) is 1. The van der Waals surface area contributed by atoms with Gasteiger partial charge in [0, 0.05) is 24.2 Å². The molecule has 1 aromatic carbocycles. The third-order valence-corrected chi connectivity index (χ3v) is 4.09. The van der Waals surface area contributed by atoms with Gasteiger partial charge in [0.15, 0.2) is 0 Å². The minimum absolute atomic E-state index is 0.125. The van der Waals surface area contributed by atoms with Crippen LogP contribution in [-0.4, -0.2) is 29.4 Å². The minimum Gasteiger partial charge on any atom is -0.379 e. The van der Waals surface area contributed by atoms with E-state index >= 15 is 0 Å². The number of amides is 1. The normalized spacial score (nSPS) is 26.6. The standard InChI is InChI=1S/C14H17FN2O/c1-9-10(15)4-2-5-11(9)16-12-8-14(18)17-7-3-6-13(12)17/h2,4-5,12-13,16H,3,6-8H2,1H3. The molecule has 0 aliphatic carbocycles. The smallest absolute Gasteiger partial charge is 0.225 e. The van der Waals surface area contributed by atoms with Crippen LogP contribution in [0.4, 0.5) is 10.1 Å². The molecule has 2 atom stereocenters. The first-order valence-corrected chi connectivity index (χ1v) is 6.48. The van der Waals surface area contributed by atoms with Gasteiger partial charge in [-0.2, -0.15) is 0 Å². The van der Waals surface area contributed by atoms with Crippen LogP contribution in [0.15, 0.2) is 18.2 Å². The summed E-state index contributed by atoms with van der Waals surface area (Å²) in [6.07, 6.45) is 2.66. The molecule has 0 saturated carbocycles. The Bertz CT molecular complexity index is 489. The second-order valence-electron chi connectivity index (χ2n) is 5.16. The Labute approximate surface area is 106 Å². The van der Waals surface area contributed by atoms with Crippen LogP contribution in [0.3, 0.4) is 0 Å². The first-order chi connectivity index (χ1) is 8.66. The molecule has 1 aromatic rings. The van der Waals surface area contributed by atoms with E-state index in [2.05, 4.69) is 5.32 Å². The molecule has 4 heteroatoms. The molecule has 0 bridgehead atoms. The van der Waals surface area contributed by atoms with Gasteiger partial charge in [-0.15, -0.1) is 0 Å². The lowest BCUT2D eigenvalue weighted by atomic mass is 10.1. The van der Waals surface area contributed by atoms with Gasteiger partial charge in [-0.05, 0) is 31.9 Å².